The molecule has 2 aliphatic rings. The third-order valence-electron chi connectivity index (χ3n) is 7.93. The summed E-state index contributed by atoms with van der Waals surface area (Å²) < 4.78 is 23.8. The number of halogens is 1. The number of benzene rings is 1. The molecule has 36 heavy (non-hydrogen) atoms. The Morgan fingerprint density at radius 2 is 1.97 bits per heavy atom. The van der Waals surface area contributed by atoms with Crippen LogP contribution in [0.1, 0.15) is 37.0 Å². The zero-order valence-electron chi connectivity index (χ0n) is 21.0. The van der Waals surface area contributed by atoms with Crippen LogP contribution in [0.5, 0.6) is 5.75 Å². The van der Waals surface area contributed by atoms with Crippen LogP contribution < -0.4 is 10.5 Å². The third kappa shape index (κ3) is 3.56. The number of ether oxygens (including phenoxy) is 1. The number of hydrogen-bond donors (Lipinski definition) is 1. The number of fused-ring (bicyclic) bond motifs is 2. The average molecular weight is 491 g/mol. The van der Waals surface area contributed by atoms with Gasteiger partial charge in [0.2, 0.25) is 5.95 Å². The maximum absolute atomic E-state index is 14.0. The van der Waals surface area contributed by atoms with Gasteiger partial charge in [0.15, 0.2) is 5.82 Å². The summed E-state index contributed by atoms with van der Waals surface area (Å²) >= 11 is 0. The number of nitrogens with zero attached hydrogens (tertiary/aromatic N) is 5. The second-order valence-corrected chi connectivity index (χ2v) is 10.4. The van der Waals surface area contributed by atoms with Crippen LogP contribution >= 0.6 is 0 Å². The van der Waals surface area contributed by atoms with Crippen LogP contribution in [-0.2, 0) is 13.6 Å². The van der Waals surface area contributed by atoms with Gasteiger partial charge < -0.3 is 24.5 Å². The largest absolute Gasteiger partial charge is 0.494 e. The van der Waals surface area contributed by atoms with Crippen LogP contribution in [0.3, 0.4) is 0 Å². The molecule has 188 valence electrons. The van der Waals surface area contributed by atoms with Crippen molar-refractivity contribution in [3.05, 3.63) is 41.8 Å². The molecule has 3 aromatic heterocycles. The number of likely N-dealkylation sites (tertiary alicyclic amines) is 1. The molecular formula is C27H31FN6O2. The fraction of sp³-hybridized carbons (Fsp3) is 0.444. The number of hydrogen-bond acceptors (Lipinski definition) is 5. The monoisotopic (exact) mass is 490 g/mol. The van der Waals surface area contributed by atoms with Gasteiger partial charge in [0.25, 0.3) is 5.91 Å². The molecule has 0 bridgehead atoms. The number of rotatable bonds is 5. The van der Waals surface area contributed by atoms with Crippen LogP contribution in [0.25, 0.3) is 33.6 Å². The molecule has 1 saturated heterocycles. The summed E-state index contributed by atoms with van der Waals surface area (Å²) in [6, 6.07) is 8.68. The van der Waals surface area contributed by atoms with Crippen molar-refractivity contribution in [1.82, 2.24) is 24.0 Å². The molecule has 3 atom stereocenters. The van der Waals surface area contributed by atoms with E-state index in [9.17, 15) is 9.18 Å². The number of pyridine rings is 1. The first-order valence-corrected chi connectivity index (χ1v) is 12.5. The summed E-state index contributed by atoms with van der Waals surface area (Å²) in [6.45, 7) is 5.46. The third-order valence-corrected chi connectivity index (χ3v) is 7.93. The van der Waals surface area contributed by atoms with Crippen LogP contribution in [0, 0.1) is 17.8 Å². The van der Waals surface area contributed by atoms with Crippen LogP contribution in [-0.4, -0.2) is 55.6 Å². The summed E-state index contributed by atoms with van der Waals surface area (Å²) in [5.41, 5.74) is 9.78. The van der Waals surface area contributed by atoms with Gasteiger partial charge in [-0.15, -0.1) is 0 Å². The quantitative estimate of drug-likeness (QED) is 0.428. The lowest BCUT2D eigenvalue weighted by molar-refractivity contribution is 0.0739. The van der Waals surface area contributed by atoms with Gasteiger partial charge in [-0.05, 0) is 61.9 Å². The normalized spacial score (nSPS) is 22.2. The van der Waals surface area contributed by atoms with Crippen molar-refractivity contribution in [2.24, 2.45) is 24.6 Å². The second-order valence-electron chi connectivity index (χ2n) is 10.4. The van der Waals surface area contributed by atoms with Crippen molar-refractivity contribution in [3.63, 3.8) is 0 Å². The molecule has 2 N–H and O–H groups in total. The molecule has 1 aromatic carbocycles. The highest BCUT2D eigenvalue weighted by Gasteiger charge is 2.37. The number of imidazole rings is 1. The first-order chi connectivity index (χ1) is 17.3. The molecule has 4 heterocycles. The fourth-order valence-electron chi connectivity index (χ4n) is 5.57. The lowest BCUT2D eigenvalue weighted by atomic mass is 10.0. The minimum Gasteiger partial charge on any atom is -0.494 e. The molecule has 1 saturated carbocycles. The number of carbonyl (C=O) groups is 1. The van der Waals surface area contributed by atoms with Crippen molar-refractivity contribution >= 4 is 28.0 Å². The van der Waals surface area contributed by atoms with E-state index in [1.807, 2.05) is 35.6 Å². The molecule has 6 rings (SSSR count). The Kier molecular flexibility index (Phi) is 5.29. The number of aryl methyl sites for hydroxylation is 1. The number of carbonyl (C=O) groups excluding carboxylic acids is 1. The SMILES string of the molecule is COc1cc(C(=O)N2C[C@@H](C)C(N)[C@H]2C)cc2nc(-c3cc4ccc(F)nc4n3CC3CC3)n(C)c12. The van der Waals surface area contributed by atoms with E-state index in [1.54, 1.807) is 19.2 Å². The van der Waals surface area contributed by atoms with E-state index in [1.165, 1.54) is 6.07 Å². The molecule has 1 unspecified atom stereocenters. The van der Waals surface area contributed by atoms with E-state index in [-0.39, 0.29) is 23.9 Å². The fourth-order valence-corrected chi connectivity index (χ4v) is 5.57. The summed E-state index contributed by atoms with van der Waals surface area (Å²) in [6.07, 6.45) is 2.32. The molecule has 0 radical (unpaired) electrons. The van der Waals surface area contributed by atoms with Gasteiger partial charge >= 0.3 is 0 Å². The van der Waals surface area contributed by atoms with Gasteiger partial charge in [0.1, 0.15) is 16.9 Å². The Morgan fingerprint density at radius 3 is 2.64 bits per heavy atom. The Bertz CT molecular complexity index is 1500. The van der Waals surface area contributed by atoms with Gasteiger partial charge in [-0.3, -0.25) is 4.79 Å². The van der Waals surface area contributed by atoms with Crippen molar-refractivity contribution in [1.29, 1.82) is 0 Å². The Labute approximate surface area is 208 Å². The number of nitrogens with two attached hydrogens (primary N) is 1. The molecule has 8 nitrogen and oxygen atoms in total. The van der Waals surface area contributed by atoms with E-state index >= 15 is 0 Å². The maximum Gasteiger partial charge on any atom is 0.254 e. The first kappa shape index (κ1) is 23.0. The molecular weight excluding hydrogens is 459 g/mol. The van der Waals surface area contributed by atoms with Gasteiger partial charge in [-0.2, -0.15) is 4.39 Å². The highest BCUT2D eigenvalue weighted by molar-refractivity contribution is 6.00. The highest BCUT2D eigenvalue weighted by Crippen LogP contribution is 2.38. The minimum absolute atomic E-state index is 0.0421. The van der Waals surface area contributed by atoms with E-state index < -0.39 is 5.95 Å². The van der Waals surface area contributed by atoms with E-state index in [0.717, 1.165) is 41.8 Å². The van der Waals surface area contributed by atoms with E-state index in [4.69, 9.17) is 15.5 Å². The van der Waals surface area contributed by atoms with Gasteiger partial charge in [-0.1, -0.05) is 6.92 Å². The molecule has 9 heteroatoms. The number of methoxy groups -OCH3 is 1. The zero-order valence-corrected chi connectivity index (χ0v) is 21.0. The zero-order chi connectivity index (χ0) is 25.3. The topological polar surface area (TPSA) is 91.2 Å². The van der Waals surface area contributed by atoms with Crippen LogP contribution in [0.15, 0.2) is 30.3 Å². The highest BCUT2D eigenvalue weighted by atomic mass is 19.1. The molecule has 4 aromatic rings. The Hall–Kier alpha value is -3.46. The average Bonchev–Trinajstić information content (AvgIpc) is 3.47. The summed E-state index contributed by atoms with van der Waals surface area (Å²) in [4.78, 5) is 24.5. The van der Waals surface area contributed by atoms with Gasteiger partial charge in [0, 0.05) is 43.2 Å². The first-order valence-electron chi connectivity index (χ1n) is 12.5. The van der Waals surface area contributed by atoms with Crippen LogP contribution in [0.2, 0.25) is 0 Å². The smallest absolute Gasteiger partial charge is 0.254 e. The van der Waals surface area contributed by atoms with Crippen molar-refractivity contribution in [2.75, 3.05) is 13.7 Å². The standard InChI is InChI=1S/C27H31FN6O2/c1-14-12-33(15(2)23(14)29)27(35)18-9-19-24(21(11-18)36-4)32(3)26(30-19)20-10-17-7-8-22(28)31-25(17)34(20)13-16-5-6-16/h7-11,14-16,23H,5-6,12-13,29H2,1-4H3/t14-,15-,23?/m1/s1. The van der Waals surface area contributed by atoms with Crippen molar-refractivity contribution in [3.8, 4) is 17.3 Å². The van der Waals surface area contributed by atoms with Crippen LogP contribution in [0.4, 0.5) is 4.39 Å². The Morgan fingerprint density at radius 1 is 1.19 bits per heavy atom. The molecule has 1 amide bonds. The molecule has 2 fully saturated rings. The maximum atomic E-state index is 14.0. The number of amides is 1. The summed E-state index contributed by atoms with van der Waals surface area (Å²) in [7, 11) is 3.54. The predicted molar refractivity (Wildman–Crippen MR) is 136 cm³/mol. The Balaban J connectivity index is 1.48. The number of aromatic nitrogens is 4. The molecule has 1 aliphatic heterocycles. The van der Waals surface area contributed by atoms with E-state index in [0.29, 0.717) is 34.9 Å². The molecule has 1 aliphatic carbocycles. The lowest BCUT2D eigenvalue weighted by Crippen LogP contribution is -2.40. The second kappa shape index (κ2) is 8.30. The lowest BCUT2D eigenvalue weighted by Gasteiger charge is -2.23. The van der Waals surface area contributed by atoms with Crippen molar-refractivity contribution in [2.45, 2.75) is 45.3 Å². The molecule has 0 spiro atoms. The summed E-state index contributed by atoms with van der Waals surface area (Å²) in [5, 5.41) is 0.871. The van der Waals surface area contributed by atoms with Gasteiger partial charge in [0.05, 0.1) is 18.3 Å². The van der Waals surface area contributed by atoms with Crippen molar-refractivity contribution < 1.29 is 13.9 Å². The summed E-state index contributed by atoms with van der Waals surface area (Å²) in [5.74, 6) is 1.53. The van der Waals surface area contributed by atoms with E-state index in [2.05, 4.69) is 16.5 Å². The predicted octanol–water partition coefficient (Wildman–Crippen LogP) is 3.96. The van der Waals surface area contributed by atoms with Gasteiger partial charge in [-0.25, -0.2) is 9.97 Å². The minimum atomic E-state index is -0.496.